The number of rotatable bonds is 13. The smallest absolute Gasteiger partial charge is 2.00 e. The van der Waals surface area contributed by atoms with Crippen molar-refractivity contribution in [2.24, 2.45) is 0 Å². The fraction of sp³-hybridized carbons (Fsp3) is 0.882. The van der Waals surface area contributed by atoms with Crippen molar-refractivity contribution < 1.29 is 42.2 Å². The molecule has 0 aliphatic rings. The van der Waals surface area contributed by atoms with Crippen LogP contribution in [0.1, 0.15) is 91.4 Å². The zero-order chi connectivity index (χ0) is 14.3. The fourth-order valence-electron chi connectivity index (χ4n) is 2.10. The summed E-state index contributed by atoms with van der Waals surface area (Å²) >= 11 is 0. The SMILES string of the molecule is CCCCCCCCC[CH-]CCCC(=O)OC(C)C.[O-2].[O-2].[Ti+4]. The molecule has 22 heavy (non-hydrogen) atoms. The summed E-state index contributed by atoms with van der Waals surface area (Å²) in [6.07, 6.45) is 15.6. The first-order valence-corrected chi connectivity index (χ1v) is 8.18. The zero-order valence-electron chi connectivity index (χ0n) is 14.6. The number of carbonyl (C=O) groups is 1. The van der Waals surface area contributed by atoms with Crippen LogP contribution in [0.3, 0.4) is 0 Å². The van der Waals surface area contributed by atoms with E-state index in [0.29, 0.717) is 6.42 Å². The van der Waals surface area contributed by atoms with Gasteiger partial charge in [0.1, 0.15) is 0 Å². The molecule has 0 atom stereocenters. The number of carbonyl (C=O) groups excluding carboxylic acids is 1. The van der Waals surface area contributed by atoms with Crippen LogP contribution in [0.5, 0.6) is 0 Å². The third-order valence-electron chi connectivity index (χ3n) is 3.17. The van der Waals surface area contributed by atoms with E-state index in [1.165, 1.54) is 51.4 Å². The molecule has 0 amide bonds. The molecule has 0 aliphatic carbocycles. The molecule has 0 N–H and O–H groups in total. The minimum atomic E-state index is -0.0562. The Morgan fingerprint density at radius 3 is 1.95 bits per heavy atom. The molecule has 0 aromatic heterocycles. The Morgan fingerprint density at radius 2 is 1.41 bits per heavy atom. The Balaban J connectivity index is -0.000000540. The maximum absolute atomic E-state index is 11.3. The largest absolute Gasteiger partial charge is 4.00 e. The van der Waals surface area contributed by atoms with E-state index in [1.807, 2.05) is 13.8 Å². The summed E-state index contributed by atoms with van der Waals surface area (Å²) < 4.78 is 5.09. The first-order chi connectivity index (χ1) is 9.16. The quantitative estimate of drug-likeness (QED) is 0.198. The molecule has 5 heteroatoms. The van der Waals surface area contributed by atoms with E-state index in [1.54, 1.807) is 0 Å². The molecule has 0 saturated carbocycles. The van der Waals surface area contributed by atoms with Crippen LogP contribution >= 0.6 is 0 Å². The predicted molar refractivity (Wildman–Crippen MR) is 83.4 cm³/mol. The number of hydrogen-bond acceptors (Lipinski definition) is 2. The van der Waals surface area contributed by atoms with Crippen molar-refractivity contribution in [2.45, 2.75) is 97.5 Å². The summed E-state index contributed by atoms with van der Waals surface area (Å²) in [5.74, 6) is -0.0562. The van der Waals surface area contributed by atoms with Crippen LogP contribution in [-0.2, 0) is 42.2 Å². The van der Waals surface area contributed by atoms with Crippen molar-refractivity contribution >= 4 is 5.97 Å². The summed E-state index contributed by atoms with van der Waals surface area (Å²) in [7, 11) is 0. The molecule has 0 rings (SSSR count). The van der Waals surface area contributed by atoms with E-state index in [0.717, 1.165) is 12.8 Å². The van der Waals surface area contributed by atoms with Crippen molar-refractivity contribution in [3.8, 4) is 0 Å². The average Bonchev–Trinajstić information content (AvgIpc) is 2.35. The molecule has 4 nitrogen and oxygen atoms in total. The number of unbranched alkanes of at least 4 members (excludes halogenated alkanes) is 10. The van der Waals surface area contributed by atoms with Gasteiger partial charge in [-0.3, -0.25) is 4.79 Å². The monoisotopic (exact) mass is 349 g/mol. The molecule has 0 radical (unpaired) electrons. The topological polar surface area (TPSA) is 83.3 Å². The van der Waals surface area contributed by atoms with Crippen LogP contribution in [0, 0.1) is 6.42 Å². The second kappa shape index (κ2) is 23.4. The van der Waals surface area contributed by atoms with E-state index < -0.39 is 0 Å². The average molecular weight is 349 g/mol. The normalized spacial score (nSPS) is 9.45. The first kappa shape index (κ1) is 30.0. The summed E-state index contributed by atoms with van der Waals surface area (Å²) in [5, 5.41) is 0. The summed E-state index contributed by atoms with van der Waals surface area (Å²) in [6, 6.07) is 0. The van der Waals surface area contributed by atoms with Gasteiger partial charge in [0.2, 0.25) is 0 Å². The van der Waals surface area contributed by atoms with Gasteiger partial charge in [-0.2, -0.15) is 12.8 Å². The van der Waals surface area contributed by atoms with Crippen LogP contribution in [0.4, 0.5) is 0 Å². The van der Waals surface area contributed by atoms with Gasteiger partial charge in [-0.25, -0.2) is 0 Å². The van der Waals surface area contributed by atoms with Gasteiger partial charge in [0.15, 0.2) is 0 Å². The number of esters is 1. The molecule has 0 aliphatic heterocycles. The van der Waals surface area contributed by atoms with Gasteiger partial charge in [0.25, 0.3) is 0 Å². The van der Waals surface area contributed by atoms with E-state index >= 15 is 0 Å². The van der Waals surface area contributed by atoms with Gasteiger partial charge in [0.05, 0.1) is 6.10 Å². The number of hydrogen-bond donors (Lipinski definition) is 0. The van der Waals surface area contributed by atoms with Gasteiger partial charge in [0, 0.05) is 6.42 Å². The third kappa shape index (κ3) is 25.1. The molecule has 0 spiro atoms. The summed E-state index contributed by atoms with van der Waals surface area (Å²) in [4.78, 5) is 11.3. The van der Waals surface area contributed by atoms with E-state index in [9.17, 15) is 4.79 Å². The minimum Gasteiger partial charge on any atom is -2.00 e. The van der Waals surface area contributed by atoms with Crippen LogP contribution in [0.15, 0.2) is 0 Å². The van der Waals surface area contributed by atoms with Gasteiger partial charge >= 0.3 is 27.7 Å². The van der Waals surface area contributed by atoms with Gasteiger partial charge in [-0.1, -0.05) is 58.3 Å². The van der Waals surface area contributed by atoms with Crippen LogP contribution < -0.4 is 0 Å². The summed E-state index contributed by atoms with van der Waals surface area (Å²) in [5.41, 5.74) is 0. The standard InChI is InChI=1S/C17H33O2.2O.Ti/c1-4-5-6-7-8-9-10-11-12-13-14-15-17(18)19-16(2)3;;;/h12,16H,4-11,13-15H2,1-3H3;;;/q-1;2*-2;+4. The van der Waals surface area contributed by atoms with Gasteiger partial charge in [-0.15, -0.1) is 0 Å². The molecular weight excluding hydrogens is 316 g/mol. The van der Waals surface area contributed by atoms with Gasteiger partial charge < -0.3 is 22.1 Å². The third-order valence-corrected chi connectivity index (χ3v) is 3.17. The second-order valence-electron chi connectivity index (χ2n) is 5.63. The zero-order valence-corrected chi connectivity index (χ0v) is 16.1. The van der Waals surface area contributed by atoms with E-state index in [4.69, 9.17) is 4.74 Å². The van der Waals surface area contributed by atoms with Crippen LogP contribution in [-0.4, -0.2) is 12.1 Å². The van der Waals surface area contributed by atoms with Crippen LogP contribution in [0.25, 0.3) is 0 Å². The Kier molecular flexibility index (Phi) is 31.9. The van der Waals surface area contributed by atoms with Crippen molar-refractivity contribution in [1.29, 1.82) is 0 Å². The maximum atomic E-state index is 11.3. The Morgan fingerprint density at radius 1 is 0.909 bits per heavy atom. The molecule has 0 aromatic rings. The molecule has 0 bridgehead atoms. The fourth-order valence-corrected chi connectivity index (χ4v) is 2.10. The molecule has 0 aromatic carbocycles. The molecular formula is C17H33O4Ti-. The molecule has 0 unspecified atom stereocenters. The van der Waals surface area contributed by atoms with Crippen molar-refractivity contribution in [2.75, 3.05) is 0 Å². The molecule has 0 saturated heterocycles. The first-order valence-electron chi connectivity index (χ1n) is 8.18. The predicted octanol–water partition coefficient (Wildman–Crippen LogP) is 5.21. The van der Waals surface area contributed by atoms with Crippen LogP contribution in [0.2, 0.25) is 0 Å². The Hall–Kier alpha value is 0.104. The minimum absolute atomic E-state index is 0. The second-order valence-corrected chi connectivity index (χ2v) is 5.63. The van der Waals surface area contributed by atoms with E-state index in [-0.39, 0.29) is 44.7 Å². The molecule has 0 fully saturated rings. The Bertz CT molecular complexity index is 211. The van der Waals surface area contributed by atoms with E-state index in [2.05, 4.69) is 13.3 Å². The molecule has 0 heterocycles. The van der Waals surface area contributed by atoms with Gasteiger partial charge in [-0.05, 0) is 13.8 Å². The van der Waals surface area contributed by atoms with Crippen molar-refractivity contribution in [3.05, 3.63) is 6.42 Å². The van der Waals surface area contributed by atoms with Crippen molar-refractivity contribution in [1.82, 2.24) is 0 Å². The maximum Gasteiger partial charge on any atom is 4.00 e. The summed E-state index contributed by atoms with van der Waals surface area (Å²) in [6.45, 7) is 6.04. The Labute approximate surface area is 152 Å². The number of ether oxygens (including phenoxy) is 1. The van der Waals surface area contributed by atoms with Crippen molar-refractivity contribution in [3.63, 3.8) is 0 Å². The molecule has 130 valence electrons.